The normalized spacial score (nSPS) is 26.0. The first-order valence-electron chi connectivity index (χ1n) is 7.65. The summed E-state index contributed by atoms with van der Waals surface area (Å²) in [7, 11) is 0. The minimum atomic E-state index is -0.769. The van der Waals surface area contributed by atoms with Gasteiger partial charge in [-0.1, -0.05) is 26.7 Å². The lowest BCUT2D eigenvalue weighted by atomic mass is 9.90. The summed E-state index contributed by atoms with van der Waals surface area (Å²) in [5.41, 5.74) is -0.410. The highest BCUT2D eigenvalue weighted by Crippen LogP contribution is 2.27. The van der Waals surface area contributed by atoms with E-state index in [2.05, 4.69) is 5.32 Å². The van der Waals surface area contributed by atoms with Crippen LogP contribution in [-0.4, -0.2) is 48.4 Å². The molecular formula is C15H24N2O4. The molecule has 2 rings (SSSR count). The van der Waals surface area contributed by atoms with Gasteiger partial charge in [0.2, 0.25) is 5.91 Å². The average molecular weight is 296 g/mol. The molecule has 0 spiro atoms. The van der Waals surface area contributed by atoms with Gasteiger partial charge in [-0.05, 0) is 12.8 Å². The number of likely N-dealkylation sites (tertiary alicyclic amines) is 1. The van der Waals surface area contributed by atoms with Gasteiger partial charge in [0.05, 0.1) is 0 Å². The van der Waals surface area contributed by atoms with Crippen LogP contribution < -0.4 is 5.32 Å². The molecule has 6 heteroatoms. The van der Waals surface area contributed by atoms with E-state index in [4.69, 9.17) is 4.74 Å². The zero-order chi connectivity index (χ0) is 15.5. The smallest absolute Gasteiger partial charge is 0.326 e. The van der Waals surface area contributed by atoms with Gasteiger partial charge in [-0.25, -0.2) is 0 Å². The van der Waals surface area contributed by atoms with E-state index in [1.165, 1.54) is 0 Å². The van der Waals surface area contributed by atoms with Crippen molar-refractivity contribution in [2.75, 3.05) is 19.6 Å². The fourth-order valence-corrected chi connectivity index (χ4v) is 2.78. The average Bonchev–Trinajstić information content (AvgIpc) is 2.65. The molecule has 0 bridgehead atoms. The van der Waals surface area contributed by atoms with Crippen LogP contribution in [0.25, 0.3) is 0 Å². The van der Waals surface area contributed by atoms with Gasteiger partial charge in [-0.3, -0.25) is 14.4 Å². The Bertz CT molecular complexity index is 433. The molecule has 2 fully saturated rings. The van der Waals surface area contributed by atoms with Crippen LogP contribution in [0.15, 0.2) is 0 Å². The quantitative estimate of drug-likeness (QED) is 0.783. The molecule has 0 aromatic heterocycles. The number of nitrogens with one attached hydrogen (secondary N) is 1. The van der Waals surface area contributed by atoms with Gasteiger partial charge in [-0.2, -0.15) is 0 Å². The number of amides is 2. The molecule has 0 radical (unpaired) electrons. The minimum absolute atomic E-state index is 0.00165. The molecule has 2 aliphatic heterocycles. The summed E-state index contributed by atoms with van der Waals surface area (Å²) >= 11 is 0. The Kier molecular flexibility index (Phi) is 4.85. The van der Waals surface area contributed by atoms with E-state index in [0.717, 1.165) is 25.7 Å². The van der Waals surface area contributed by atoms with Crippen LogP contribution in [0.5, 0.6) is 0 Å². The molecule has 0 saturated carbocycles. The Morgan fingerprint density at radius 3 is 2.67 bits per heavy atom. The summed E-state index contributed by atoms with van der Waals surface area (Å²) in [6.45, 7) is 4.79. The predicted octanol–water partition coefficient (Wildman–Crippen LogP) is 0.847. The number of carbonyl (C=O) groups is 3. The van der Waals surface area contributed by atoms with Crippen molar-refractivity contribution in [1.82, 2.24) is 10.2 Å². The minimum Gasteiger partial charge on any atom is -0.450 e. The van der Waals surface area contributed by atoms with Crippen molar-refractivity contribution in [3.8, 4) is 0 Å². The molecule has 6 nitrogen and oxygen atoms in total. The van der Waals surface area contributed by atoms with Gasteiger partial charge in [0.15, 0.2) is 6.10 Å². The number of ether oxygens (including phenoxy) is 1. The molecule has 0 unspecified atom stereocenters. The van der Waals surface area contributed by atoms with Crippen LogP contribution in [0, 0.1) is 5.41 Å². The van der Waals surface area contributed by atoms with Crippen molar-refractivity contribution >= 4 is 17.8 Å². The fraction of sp³-hybridized carbons (Fsp3) is 0.800. The van der Waals surface area contributed by atoms with Crippen LogP contribution in [-0.2, 0) is 19.1 Å². The Hall–Kier alpha value is -1.59. The first-order valence-corrected chi connectivity index (χ1v) is 7.65. The Labute approximate surface area is 125 Å². The first-order chi connectivity index (χ1) is 9.90. The zero-order valence-electron chi connectivity index (χ0n) is 12.8. The van der Waals surface area contributed by atoms with E-state index in [9.17, 15) is 14.4 Å². The largest absolute Gasteiger partial charge is 0.450 e. The van der Waals surface area contributed by atoms with Crippen LogP contribution in [0.1, 0.15) is 46.0 Å². The van der Waals surface area contributed by atoms with E-state index >= 15 is 0 Å². The van der Waals surface area contributed by atoms with E-state index in [-0.39, 0.29) is 18.4 Å². The third-order valence-electron chi connectivity index (χ3n) is 4.16. The summed E-state index contributed by atoms with van der Waals surface area (Å²) in [5, 5.41) is 2.70. The van der Waals surface area contributed by atoms with Crippen LogP contribution in [0.4, 0.5) is 0 Å². The molecule has 2 aliphatic rings. The second-order valence-corrected chi connectivity index (χ2v) is 6.56. The lowest BCUT2D eigenvalue weighted by Gasteiger charge is -2.27. The highest BCUT2D eigenvalue weighted by atomic mass is 16.6. The van der Waals surface area contributed by atoms with Gasteiger partial charge < -0.3 is 15.0 Å². The van der Waals surface area contributed by atoms with Crippen molar-refractivity contribution < 1.29 is 19.1 Å². The molecule has 118 valence electrons. The number of esters is 1. The molecule has 2 saturated heterocycles. The number of rotatable bonds is 3. The fourth-order valence-electron chi connectivity index (χ4n) is 2.78. The maximum Gasteiger partial charge on any atom is 0.326 e. The van der Waals surface area contributed by atoms with Crippen molar-refractivity contribution in [2.24, 2.45) is 5.41 Å². The predicted molar refractivity (Wildman–Crippen MR) is 76.3 cm³/mol. The second kappa shape index (κ2) is 6.45. The summed E-state index contributed by atoms with van der Waals surface area (Å²) < 4.78 is 5.32. The van der Waals surface area contributed by atoms with Gasteiger partial charge in [0.1, 0.15) is 6.54 Å². The van der Waals surface area contributed by atoms with Crippen molar-refractivity contribution in [3.05, 3.63) is 0 Å². The van der Waals surface area contributed by atoms with Gasteiger partial charge >= 0.3 is 5.97 Å². The molecule has 2 amide bonds. The standard InChI is InChI=1S/C15H24N2O4/c1-15(2)10-16-14(20)13(15)21-12(19)9-17-8-6-4-3-5-7-11(17)18/h13H,3-10H2,1-2H3,(H,16,20)/t13-/m1/s1. The topological polar surface area (TPSA) is 75.7 Å². The summed E-state index contributed by atoms with van der Waals surface area (Å²) in [6.07, 6.45) is 3.66. The highest BCUT2D eigenvalue weighted by molar-refractivity contribution is 5.88. The number of carbonyl (C=O) groups excluding carboxylic acids is 3. The lowest BCUT2D eigenvalue weighted by molar-refractivity contribution is -0.161. The molecule has 0 aromatic rings. The van der Waals surface area contributed by atoms with Crippen molar-refractivity contribution in [1.29, 1.82) is 0 Å². The number of nitrogens with zero attached hydrogens (tertiary/aromatic N) is 1. The maximum atomic E-state index is 12.0. The molecule has 2 heterocycles. The Morgan fingerprint density at radius 1 is 1.29 bits per heavy atom. The van der Waals surface area contributed by atoms with Gasteiger partial charge in [0.25, 0.3) is 5.91 Å². The van der Waals surface area contributed by atoms with Crippen LogP contribution in [0.2, 0.25) is 0 Å². The zero-order valence-corrected chi connectivity index (χ0v) is 12.8. The summed E-state index contributed by atoms with van der Waals surface area (Å²) in [6, 6.07) is 0. The van der Waals surface area contributed by atoms with E-state index in [0.29, 0.717) is 19.5 Å². The lowest BCUT2D eigenvalue weighted by Crippen LogP contribution is -2.42. The summed E-state index contributed by atoms with van der Waals surface area (Å²) in [5.74, 6) is -0.756. The van der Waals surface area contributed by atoms with Crippen molar-refractivity contribution in [3.63, 3.8) is 0 Å². The molecule has 21 heavy (non-hydrogen) atoms. The van der Waals surface area contributed by atoms with E-state index in [1.54, 1.807) is 4.90 Å². The molecule has 1 atom stereocenters. The summed E-state index contributed by atoms with van der Waals surface area (Å²) in [4.78, 5) is 37.3. The van der Waals surface area contributed by atoms with Crippen LogP contribution >= 0.6 is 0 Å². The molecule has 1 N–H and O–H groups in total. The van der Waals surface area contributed by atoms with Gasteiger partial charge in [0, 0.05) is 24.9 Å². The number of hydrogen-bond acceptors (Lipinski definition) is 4. The molecule has 0 aliphatic carbocycles. The molecule has 0 aromatic carbocycles. The first kappa shape index (κ1) is 15.8. The number of hydrogen-bond donors (Lipinski definition) is 1. The Balaban J connectivity index is 1.91. The Morgan fingerprint density at radius 2 is 2.00 bits per heavy atom. The third-order valence-corrected chi connectivity index (χ3v) is 4.16. The highest BCUT2D eigenvalue weighted by Gasteiger charge is 2.44. The van der Waals surface area contributed by atoms with E-state index < -0.39 is 17.5 Å². The second-order valence-electron chi connectivity index (χ2n) is 6.56. The van der Waals surface area contributed by atoms with E-state index in [1.807, 2.05) is 13.8 Å². The third kappa shape index (κ3) is 3.95. The van der Waals surface area contributed by atoms with Crippen LogP contribution in [0.3, 0.4) is 0 Å². The maximum absolute atomic E-state index is 12.0. The van der Waals surface area contributed by atoms with Crippen molar-refractivity contribution in [2.45, 2.75) is 52.1 Å². The molecular weight excluding hydrogens is 272 g/mol. The van der Waals surface area contributed by atoms with Gasteiger partial charge in [-0.15, -0.1) is 0 Å². The SMILES string of the molecule is CC1(C)CNC(=O)[C@H]1OC(=O)CN1CCCCCCC1=O. The monoisotopic (exact) mass is 296 g/mol.